The topological polar surface area (TPSA) is 64.3 Å². The van der Waals surface area contributed by atoms with Crippen LogP contribution in [0.15, 0.2) is 36.4 Å². The van der Waals surface area contributed by atoms with Gasteiger partial charge < -0.3 is 15.8 Å². The van der Waals surface area contributed by atoms with Gasteiger partial charge >= 0.3 is 0 Å². The number of methoxy groups -OCH3 is 1. The highest BCUT2D eigenvalue weighted by Crippen LogP contribution is 2.27. The van der Waals surface area contributed by atoms with Crippen molar-refractivity contribution in [2.24, 2.45) is 0 Å². The van der Waals surface area contributed by atoms with Crippen LogP contribution >= 0.6 is 11.6 Å². The van der Waals surface area contributed by atoms with E-state index in [1.54, 1.807) is 30.3 Å². The maximum Gasteiger partial charge on any atom is 0.256 e. The lowest BCUT2D eigenvalue weighted by atomic mass is 10.1. The zero-order valence-corrected chi connectivity index (χ0v) is 12.0. The first kappa shape index (κ1) is 14.2. The van der Waals surface area contributed by atoms with E-state index in [0.29, 0.717) is 27.7 Å². The molecular formula is C15H15ClN2O2. The number of hydrogen-bond donors (Lipinski definition) is 2. The van der Waals surface area contributed by atoms with Crippen molar-refractivity contribution in [2.45, 2.75) is 6.92 Å². The minimum Gasteiger partial charge on any atom is -0.495 e. The normalized spacial score (nSPS) is 10.2. The summed E-state index contributed by atoms with van der Waals surface area (Å²) in [7, 11) is 1.52. The molecule has 0 saturated carbocycles. The molecular weight excluding hydrogens is 276 g/mol. The summed E-state index contributed by atoms with van der Waals surface area (Å²) in [4.78, 5) is 12.2. The summed E-state index contributed by atoms with van der Waals surface area (Å²) >= 11 is 5.94. The van der Waals surface area contributed by atoms with Crippen LogP contribution in [0.1, 0.15) is 15.9 Å². The van der Waals surface area contributed by atoms with Gasteiger partial charge in [0, 0.05) is 23.0 Å². The first-order valence-electron chi connectivity index (χ1n) is 6.02. The van der Waals surface area contributed by atoms with Crippen molar-refractivity contribution in [3.8, 4) is 5.75 Å². The first-order valence-corrected chi connectivity index (χ1v) is 6.40. The van der Waals surface area contributed by atoms with Crippen molar-refractivity contribution in [3.05, 3.63) is 52.5 Å². The molecule has 2 aromatic carbocycles. The quantitative estimate of drug-likeness (QED) is 0.851. The lowest BCUT2D eigenvalue weighted by molar-refractivity contribution is 0.102. The third-order valence-electron chi connectivity index (χ3n) is 2.92. The Balaban J connectivity index is 2.25. The molecule has 2 rings (SSSR count). The predicted molar refractivity (Wildman–Crippen MR) is 81.5 cm³/mol. The molecule has 104 valence electrons. The van der Waals surface area contributed by atoms with Crippen molar-refractivity contribution < 1.29 is 9.53 Å². The van der Waals surface area contributed by atoms with E-state index in [0.717, 1.165) is 5.56 Å². The fourth-order valence-corrected chi connectivity index (χ4v) is 2.01. The van der Waals surface area contributed by atoms with E-state index in [4.69, 9.17) is 22.1 Å². The van der Waals surface area contributed by atoms with Crippen LogP contribution in [0.4, 0.5) is 11.4 Å². The minimum atomic E-state index is -0.223. The smallest absolute Gasteiger partial charge is 0.256 e. The van der Waals surface area contributed by atoms with Gasteiger partial charge in [-0.05, 0) is 36.8 Å². The molecule has 0 unspecified atom stereocenters. The molecule has 0 bridgehead atoms. The monoisotopic (exact) mass is 290 g/mol. The van der Waals surface area contributed by atoms with E-state index >= 15 is 0 Å². The molecule has 1 amide bonds. The molecule has 0 aliphatic rings. The average molecular weight is 291 g/mol. The number of rotatable bonds is 3. The van der Waals surface area contributed by atoms with E-state index in [9.17, 15) is 4.79 Å². The summed E-state index contributed by atoms with van der Waals surface area (Å²) in [5, 5.41) is 3.29. The Morgan fingerprint density at radius 2 is 2.00 bits per heavy atom. The maximum atomic E-state index is 12.2. The zero-order valence-electron chi connectivity index (χ0n) is 11.2. The predicted octanol–water partition coefficient (Wildman–Crippen LogP) is 3.49. The molecule has 3 N–H and O–H groups in total. The van der Waals surface area contributed by atoms with Gasteiger partial charge in [0.15, 0.2) is 0 Å². The van der Waals surface area contributed by atoms with Crippen molar-refractivity contribution in [3.63, 3.8) is 0 Å². The Kier molecular flexibility index (Phi) is 4.15. The summed E-state index contributed by atoms with van der Waals surface area (Å²) in [6.45, 7) is 1.86. The number of nitrogens with one attached hydrogen (secondary N) is 1. The number of hydrogen-bond acceptors (Lipinski definition) is 3. The Bertz CT molecular complexity index is 656. The van der Waals surface area contributed by atoms with Gasteiger partial charge in [-0.15, -0.1) is 0 Å². The fourth-order valence-electron chi connectivity index (χ4n) is 1.82. The van der Waals surface area contributed by atoms with E-state index in [1.165, 1.54) is 7.11 Å². The Hall–Kier alpha value is -2.20. The summed E-state index contributed by atoms with van der Waals surface area (Å²) in [5.41, 5.74) is 8.27. The lowest BCUT2D eigenvalue weighted by Crippen LogP contribution is -2.13. The van der Waals surface area contributed by atoms with Crippen LogP contribution in [-0.4, -0.2) is 13.0 Å². The number of benzene rings is 2. The van der Waals surface area contributed by atoms with E-state index < -0.39 is 0 Å². The standard InChI is InChI=1S/C15H15ClN2O2/c1-9-3-4-10(17)7-12(9)15(19)18-11-5-6-13(16)14(8-11)20-2/h3-8H,17H2,1-2H3,(H,18,19). The van der Waals surface area contributed by atoms with Crippen molar-refractivity contribution >= 4 is 28.9 Å². The summed E-state index contributed by atoms with van der Waals surface area (Å²) in [6, 6.07) is 10.3. The molecule has 20 heavy (non-hydrogen) atoms. The molecule has 0 heterocycles. The van der Waals surface area contributed by atoms with Crippen LogP contribution < -0.4 is 15.8 Å². The molecule has 0 radical (unpaired) electrons. The van der Waals surface area contributed by atoms with Gasteiger partial charge in [0.1, 0.15) is 5.75 Å². The Labute approximate surface area is 122 Å². The van der Waals surface area contributed by atoms with Gasteiger partial charge in [0.2, 0.25) is 0 Å². The van der Waals surface area contributed by atoms with E-state index in [1.807, 2.05) is 13.0 Å². The van der Waals surface area contributed by atoms with Crippen molar-refractivity contribution in [1.82, 2.24) is 0 Å². The molecule has 5 heteroatoms. The minimum absolute atomic E-state index is 0.223. The van der Waals surface area contributed by atoms with Gasteiger partial charge in [-0.1, -0.05) is 17.7 Å². The third-order valence-corrected chi connectivity index (χ3v) is 3.23. The van der Waals surface area contributed by atoms with Crippen molar-refractivity contribution in [2.75, 3.05) is 18.2 Å². The molecule has 2 aromatic rings. The second-order valence-electron chi connectivity index (χ2n) is 4.38. The number of nitrogens with two attached hydrogens (primary N) is 1. The fraction of sp³-hybridized carbons (Fsp3) is 0.133. The van der Waals surface area contributed by atoms with Gasteiger partial charge in [-0.25, -0.2) is 0 Å². The number of amides is 1. The van der Waals surface area contributed by atoms with E-state index in [2.05, 4.69) is 5.32 Å². The molecule has 0 aromatic heterocycles. The molecule has 4 nitrogen and oxygen atoms in total. The Morgan fingerprint density at radius 3 is 2.70 bits per heavy atom. The van der Waals surface area contributed by atoms with Gasteiger partial charge in [0.05, 0.1) is 12.1 Å². The van der Waals surface area contributed by atoms with Crippen molar-refractivity contribution in [1.29, 1.82) is 0 Å². The maximum absolute atomic E-state index is 12.2. The highest BCUT2D eigenvalue weighted by Gasteiger charge is 2.11. The molecule has 0 aliphatic carbocycles. The summed E-state index contributed by atoms with van der Waals surface area (Å²) in [5.74, 6) is 0.285. The van der Waals surface area contributed by atoms with Crippen LogP contribution in [0.3, 0.4) is 0 Å². The second-order valence-corrected chi connectivity index (χ2v) is 4.79. The van der Waals surface area contributed by atoms with E-state index in [-0.39, 0.29) is 5.91 Å². The number of anilines is 2. The molecule has 0 atom stereocenters. The molecule has 0 saturated heterocycles. The van der Waals surface area contributed by atoms with Crippen LogP contribution in [0.25, 0.3) is 0 Å². The second kappa shape index (κ2) is 5.84. The number of aryl methyl sites for hydroxylation is 1. The molecule has 0 aliphatic heterocycles. The number of ether oxygens (including phenoxy) is 1. The number of halogens is 1. The van der Waals surface area contributed by atoms with Gasteiger partial charge in [-0.3, -0.25) is 4.79 Å². The number of nitrogen functional groups attached to an aromatic ring is 1. The van der Waals surface area contributed by atoms with Gasteiger partial charge in [-0.2, -0.15) is 0 Å². The largest absolute Gasteiger partial charge is 0.495 e. The van der Waals surface area contributed by atoms with Crippen LogP contribution in [0, 0.1) is 6.92 Å². The molecule has 0 fully saturated rings. The number of carbonyl (C=O) groups is 1. The highest BCUT2D eigenvalue weighted by atomic mass is 35.5. The third kappa shape index (κ3) is 3.03. The summed E-state index contributed by atoms with van der Waals surface area (Å²) < 4.78 is 5.11. The number of carbonyl (C=O) groups excluding carboxylic acids is 1. The van der Waals surface area contributed by atoms with Gasteiger partial charge in [0.25, 0.3) is 5.91 Å². The highest BCUT2D eigenvalue weighted by molar-refractivity contribution is 6.32. The SMILES string of the molecule is COc1cc(NC(=O)c2cc(N)ccc2C)ccc1Cl. The summed E-state index contributed by atoms with van der Waals surface area (Å²) in [6.07, 6.45) is 0. The first-order chi connectivity index (χ1) is 9.51. The Morgan fingerprint density at radius 1 is 1.25 bits per heavy atom. The van der Waals surface area contributed by atoms with Crippen LogP contribution in [0.2, 0.25) is 5.02 Å². The zero-order chi connectivity index (χ0) is 14.7. The average Bonchev–Trinajstić information content (AvgIpc) is 2.43. The van der Waals surface area contributed by atoms with Crippen LogP contribution in [0.5, 0.6) is 5.75 Å². The lowest BCUT2D eigenvalue weighted by Gasteiger charge is -2.10. The molecule has 0 spiro atoms. The van der Waals surface area contributed by atoms with Crippen LogP contribution in [-0.2, 0) is 0 Å².